The lowest BCUT2D eigenvalue weighted by molar-refractivity contribution is 0.0756. The number of para-hydroxylation sites is 1. The van der Waals surface area contributed by atoms with E-state index in [4.69, 9.17) is 4.74 Å². The first-order chi connectivity index (χ1) is 9.28. The molecule has 0 radical (unpaired) electrons. The fourth-order valence-corrected chi connectivity index (χ4v) is 2.45. The standard InChI is InChI=1S/C15H13NO2S/c1-19-11-8-6-10(7-9-11)15-16-14(17)12-4-2-3-5-13(12)18-15/h2-9,15H,1H3,(H,16,17). The molecule has 2 aromatic carbocycles. The van der Waals surface area contributed by atoms with Crippen LogP contribution in [0.25, 0.3) is 0 Å². The van der Waals surface area contributed by atoms with Crippen molar-refractivity contribution in [2.75, 3.05) is 6.26 Å². The van der Waals surface area contributed by atoms with Crippen molar-refractivity contribution in [2.45, 2.75) is 11.1 Å². The maximum atomic E-state index is 12.0. The minimum Gasteiger partial charge on any atom is -0.466 e. The Morgan fingerprint density at radius 3 is 2.58 bits per heavy atom. The molecule has 1 aliphatic heterocycles. The molecule has 3 nitrogen and oxygen atoms in total. The summed E-state index contributed by atoms with van der Waals surface area (Å²) in [5.74, 6) is 0.533. The van der Waals surface area contributed by atoms with Crippen LogP contribution < -0.4 is 10.1 Å². The predicted molar refractivity (Wildman–Crippen MR) is 75.5 cm³/mol. The van der Waals surface area contributed by atoms with Gasteiger partial charge in [0.25, 0.3) is 5.91 Å². The number of thioether (sulfide) groups is 1. The normalized spacial score (nSPS) is 17.3. The number of hydrogen-bond donors (Lipinski definition) is 1. The van der Waals surface area contributed by atoms with Gasteiger partial charge in [0.1, 0.15) is 5.75 Å². The summed E-state index contributed by atoms with van der Waals surface area (Å²) >= 11 is 1.69. The molecule has 1 aliphatic rings. The highest BCUT2D eigenvalue weighted by Crippen LogP contribution is 2.29. The van der Waals surface area contributed by atoms with Gasteiger partial charge in [-0.15, -0.1) is 11.8 Å². The van der Waals surface area contributed by atoms with Crippen molar-refractivity contribution in [1.82, 2.24) is 5.32 Å². The van der Waals surface area contributed by atoms with Crippen LogP contribution in [-0.2, 0) is 0 Å². The van der Waals surface area contributed by atoms with Crippen molar-refractivity contribution in [3.8, 4) is 5.75 Å². The Bertz CT molecular complexity index is 610. The van der Waals surface area contributed by atoms with Crippen LogP contribution in [0, 0.1) is 0 Å². The first kappa shape index (κ1) is 12.1. The number of hydrogen-bond acceptors (Lipinski definition) is 3. The third-order valence-electron chi connectivity index (χ3n) is 3.06. The van der Waals surface area contributed by atoms with Gasteiger partial charge >= 0.3 is 0 Å². The summed E-state index contributed by atoms with van der Waals surface area (Å²) in [6.07, 6.45) is 1.61. The summed E-state index contributed by atoms with van der Waals surface area (Å²) in [4.78, 5) is 13.2. The second kappa shape index (κ2) is 4.97. The largest absolute Gasteiger partial charge is 0.466 e. The maximum Gasteiger partial charge on any atom is 0.258 e. The number of ether oxygens (including phenoxy) is 1. The van der Waals surface area contributed by atoms with Gasteiger partial charge in [-0.2, -0.15) is 0 Å². The van der Waals surface area contributed by atoms with E-state index in [-0.39, 0.29) is 5.91 Å². The highest BCUT2D eigenvalue weighted by Gasteiger charge is 2.25. The van der Waals surface area contributed by atoms with E-state index in [1.54, 1.807) is 17.8 Å². The summed E-state index contributed by atoms with van der Waals surface area (Å²) < 4.78 is 5.82. The Hall–Kier alpha value is -1.94. The molecule has 0 saturated heterocycles. The van der Waals surface area contributed by atoms with E-state index in [1.165, 1.54) is 4.90 Å². The monoisotopic (exact) mass is 271 g/mol. The number of carbonyl (C=O) groups is 1. The van der Waals surface area contributed by atoms with Crippen LogP contribution in [0.3, 0.4) is 0 Å². The quantitative estimate of drug-likeness (QED) is 0.852. The van der Waals surface area contributed by atoms with Crippen molar-refractivity contribution in [2.24, 2.45) is 0 Å². The molecule has 1 amide bonds. The predicted octanol–water partition coefficient (Wildman–Crippen LogP) is 3.23. The average Bonchev–Trinajstić information content (AvgIpc) is 2.47. The van der Waals surface area contributed by atoms with E-state index in [2.05, 4.69) is 5.32 Å². The molecule has 3 rings (SSSR count). The molecular formula is C15H13NO2S. The zero-order valence-corrected chi connectivity index (χ0v) is 11.2. The van der Waals surface area contributed by atoms with Crippen molar-refractivity contribution in [1.29, 1.82) is 0 Å². The molecule has 0 aliphatic carbocycles. The van der Waals surface area contributed by atoms with Gasteiger partial charge in [0.15, 0.2) is 6.23 Å². The smallest absolute Gasteiger partial charge is 0.258 e. The van der Waals surface area contributed by atoms with Crippen LogP contribution in [0.2, 0.25) is 0 Å². The number of rotatable bonds is 2. The molecule has 0 aromatic heterocycles. The fraction of sp³-hybridized carbons (Fsp3) is 0.133. The van der Waals surface area contributed by atoms with Crippen LogP contribution in [0.4, 0.5) is 0 Å². The molecule has 1 unspecified atom stereocenters. The van der Waals surface area contributed by atoms with Crippen LogP contribution in [0.1, 0.15) is 22.1 Å². The molecule has 96 valence electrons. The lowest BCUT2D eigenvalue weighted by Crippen LogP contribution is -2.36. The van der Waals surface area contributed by atoms with E-state index in [0.717, 1.165) is 5.56 Å². The Morgan fingerprint density at radius 2 is 1.84 bits per heavy atom. The van der Waals surface area contributed by atoms with Crippen LogP contribution in [0.15, 0.2) is 53.4 Å². The molecule has 0 bridgehead atoms. The SMILES string of the molecule is CSc1ccc(C2NC(=O)c3ccccc3O2)cc1. The van der Waals surface area contributed by atoms with Crippen molar-refractivity contribution in [3.63, 3.8) is 0 Å². The molecule has 2 aromatic rings. The number of carbonyl (C=O) groups excluding carboxylic acids is 1. The second-order valence-electron chi connectivity index (χ2n) is 4.24. The molecule has 19 heavy (non-hydrogen) atoms. The van der Waals surface area contributed by atoms with Crippen LogP contribution in [-0.4, -0.2) is 12.2 Å². The maximum absolute atomic E-state index is 12.0. The van der Waals surface area contributed by atoms with Crippen LogP contribution in [0.5, 0.6) is 5.75 Å². The summed E-state index contributed by atoms with van der Waals surface area (Å²) in [6, 6.07) is 15.3. The zero-order valence-electron chi connectivity index (χ0n) is 10.4. The van der Waals surface area contributed by atoms with Gasteiger partial charge in [-0.25, -0.2) is 0 Å². The van der Waals surface area contributed by atoms with Gasteiger partial charge in [0.05, 0.1) is 5.56 Å². The van der Waals surface area contributed by atoms with Gasteiger partial charge in [0, 0.05) is 10.5 Å². The highest BCUT2D eigenvalue weighted by atomic mass is 32.2. The second-order valence-corrected chi connectivity index (χ2v) is 5.12. The zero-order chi connectivity index (χ0) is 13.2. The number of benzene rings is 2. The third-order valence-corrected chi connectivity index (χ3v) is 3.80. The van der Waals surface area contributed by atoms with Crippen molar-refractivity contribution in [3.05, 3.63) is 59.7 Å². The van der Waals surface area contributed by atoms with E-state index in [0.29, 0.717) is 11.3 Å². The average molecular weight is 271 g/mol. The topological polar surface area (TPSA) is 38.3 Å². The Balaban J connectivity index is 1.90. The van der Waals surface area contributed by atoms with Crippen LogP contribution >= 0.6 is 11.8 Å². The van der Waals surface area contributed by atoms with Gasteiger partial charge in [-0.3, -0.25) is 4.79 Å². The summed E-state index contributed by atoms with van der Waals surface area (Å²) in [5, 5.41) is 2.86. The molecular weight excluding hydrogens is 258 g/mol. The minimum absolute atomic E-state index is 0.0965. The summed E-state index contributed by atoms with van der Waals surface area (Å²) in [7, 11) is 0. The summed E-state index contributed by atoms with van der Waals surface area (Å²) in [6.45, 7) is 0. The van der Waals surface area contributed by atoms with E-state index in [1.807, 2.05) is 48.7 Å². The molecule has 1 atom stereocenters. The van der Waals surface area contributed by atoms with Gasteiger partial charge < -0.3 is 10.1 Å². The summed E-state index contributed by atoms with van der Waals surface area (Å²) in [5.41, 5.74) is 1.53. The van der Waals surface area contributed by atoms with Gasteiger partial charge in [-0.05, 0) is 30.5 Å². The van der Waals surface area contributed by atoms with Crippen molar-refractivity contribution < 1.29 is 9.53 Å². The lowest BCUT2D eigenvalue weighted by atomic mass is 10.1. The fourth-order valence-electron chi connectivity index (χ4n) is 2.04. The highest BCUT2D eigenvalue weighted by molar-refractivity contribution is 7.98. The van der Waals surface area contributed by atoms with Crippen molar-refractivity contribution >= 4 is 17.7 Å². The number of fused-ring (bicyclic) bond motifs is 1. The number of nitrogens with one attached hydrogen (secondary N) is 1. The van der Waals surface area contributed by atoms with E-state index in [9.17, 15) is 4.79 Å². The Morgan fingerprint density at radius 1 is 1.11 bits per heavy atom. The molecule has 1 heterocycles. The lowest BCUT2D eigenvalue weighted by Gasteiger charge is -2.27. The molecule has 4 heteroatoms. The molecule has 0 fully saturated rings. The van der Waals surface area contributed by atoms with E-state index < -0.39 is 6.23 Å². The van der Waals surface area contributed by atoms with Gasteiger partial charge in [-0.1, -0.05) is 24.3 Å². The Kier molecular flexibility index (Phi) is 3.17. The number of amides is 1. The minimum atomic E-state index is -0.418. The molecule has 0 spiro atoms. The Labute approximate surface area is 116 Å². The third kappa shape index (κ3) is 2.31. The van der Waals surface area contributed by atoms with Gasteiger partial charge in [0.2, 0.25) is 0 Å². The van der Waals surface area contributed by atoms with E-state index >= 15 is 0 Å². The molecule has 0 saturated carbocycles. The first-order valence-corrected chi connectivity index (χ1v) is 7.21. The first-order valence-electron chi connectivity index (χ1n) is 5.98. The molecule has 1 N–H and O–H groups in total.